The molecule has 1 saturated heterocycles. The summed E-state index contributed by atoms with van der Waals surface area (Å²) in [7, 11) is 3.60. The van der Waals surface area contributed by atoms with Crippen LogP contribution < -0.4 is 10.2 Å². The van der Waals surface area contributed by atoms with Crippen LogP contribution in [-0.4, -0.2) is 67.7 Å². The van der Waals surface area contributed by atoms with Crippen LogP contribution in [0.2, 0.25) is 10.0 Å². The number of nitrogens with one attached hydrogen (secondary N) is 1. The number of halogens is 2. The number of anilines is 1. The molecule has 31 heavy (non-hydrogen) atoms. The van der Waals surface area contributed by atoms with Gasteiger partial charge in [-0.25, -0.2) is 4.79 Å². The van der Waals surface area contributed by atoms with E-state index in [9.17, 15) is 4.79 Å². The fraction of sp³-hybridized carbons (Fsp3) is 0.708. The van der Waals surface area contributed by atoms with Crippen LogP contribution in [0.1, 0.15) is 51.4 Å². The van der Waals surface area contributed by atoms with Gasteiger partial charge in [-0.1, -0.05) is 29.3 Å². The average molecular weight is 467 g/mol. The highest BCUT2D eigenvalue weighted by Crippen LogP contribution is 2.48. The van der Waals surface area contributed by atoms with Gasteiger partial charge < -0.3 is 20.0 Å². The maximum Gasteiger partial charge on any atom is 0.317 e. The monoisotopic (exact) mass is 466 g/mol. The van der Waals surface area contributed by atoms with Crippen molar-refractivity contribution in [2.75, 3.05) is 45.2 Å². The lowest BCUT2D eigenvalue weighted by molar-refractivity contribution is 0.196. The van der Waals surface area contributed by atoms with E-state index >= 15 is 0 Å². The molecule has 1 aromatic carbocycles. The quantitative estimate of drug-likeness (QED) is 0.642. The van der Waals surface area contributed by atoms with Crippen molar-refractivity contribution in [3.63, 3.8) is 0 Å². The van der Waals surface area contributed by atoms with Crippen LogP contribution >= 0.6 is 23.2 Å². The number of rotatable bonds is 5. The first kappa shape index (κ1) is 23.0. The van der Waals surface area contributed by atoms with E-state index in [0.717, 1.165) is 50.5 Å². The van der Waals surface area contributed by atoms with Crippen LogP contribution in [0.5, 0.6) is 0 Å². The van der Waals surface area contributed by atoms with Crippen molar-refractivity contribution in [2.45, 2.75) is 62.9 Å². The lowest BCUT2D eigenvalue weighted by Gasteiger charge is -2.35. The van der Waals surface area contributed by atoms with Gasteiger partial charge in [0.05, 0.1) is 21.3 Å². The van der Waals surface area contributed by atoms with Crippen LogP contribution in [0.3, 0.4) is 0 Å². The molecule has 0 radical (unpaired) electrons. The minimum atomic E-state index is 0.0344. The Morgan fingerprint density at radius 2 is 1.90 bits per heavy atom. The topological polar surface area (TPSA) is 38.8 Å². The number of hydrogen-bond acceptors (Lipinski definition) is 3. The molecule has 0 bridgehead atoms. The SMILES string of the molecule is CN(C)C(=O)N[C@H]1CC[C@H](CCN2CCCN(c3cccc(Cl)c3Cl)C3(CC3)C2)CC1. The maximum absolute atomic E-state index is 11.9. The molecule has 1 aromatic rings. The van der Waals surface area contributed by atoms with Crippen LogP contribution in [0.15, 0.2) is 18.2 Å². The molecule has 0 atom stereocenters. The van der Waals surface area contributed by atoms with Crippen molar-refractivity contribution in [3.05, 3.63) is 28.2 Å². The molecule has 172 valence electrons. The molecule has 3 fully saturated rings. The highest BCUT2D eigenvalue weighted by Gasteiger charge is 2.50. The number of urea groups is 1. The Hall–Kier alpha value is -1.17. The molecule has 4 rings (SSSR count). The highest BCUT2D eigenvalue weighted by atomic mass is 35.5. The van der Waals surface area contributed by atoms with E-state index in [1.165, 1.54) is 38.6 Å². The van der Waals surface area contributed by atoms with Gasteiger partial charge in [-0.15, -0.1) is 0 Å². The number of hydrogen-bond donors (Lipinski definition) is 1. The zero-order chi connectivity index (χ0) is 22.0. The first-order valence-corrected chi connectivity index (χ1v) is 12.6. The van der Waals surface area contributed by atoms with E-state index in [-0.39, 0.29) is 11.6 Å². The van der Waals surface area contributed by atoms with Crippen molar-refractivity contribution in [1.29, 1.82) is 0 Å². The summed E-state index contributed by atoms with van der Waals surface area (Å²) in [5.74, 6) is 0.782. The van der Waals surface area contributed by atoms with Gasteiger partial charge in [-0.05, 0) is 82.5 Å². The molecule has 0 unspecified atom stereocenters. The zero-order valence-electron chi connectivity index (χ0n) is 18.9. The smallest absolute Gasteiger partial charge is 0.317 e. The van der Waals surface area contributed by atoms with E-state index in [2.05, 4.69) is 21.2 Å². The minimum Gasteiger partial charge on any atom is -0.363 e. The van der Waals surface area contributed by atoms with E-state index in [0.29, 0.717) is 16.1 Å². The van der Waals surface area contributed by atoms with Crippen LogP contribution in [0, 0.1) is 5.92 Å². The fourth-order valence-corrected chi connectivity index (χ4v) is 5.77. The highest BCUT2D eigenvalue weighted by molar-refractivity contribution is 6.43. The van der Waals surface area contributed by atoms with Crippen LogP contribution in [0.4, 0.5) is 10.5 Å². The van der Waals surface area contributed by atoms with Crippen LogP contribution in [0.25, 0.3) is 0 Å². The third-order valence-corrected chi connectivity index (χ3v) is 8.24. The van der Waals surface area contributed by atoms with E-state index < -0.39 is 0 Å². The van der Waals surface area contributed by atoms with Gasteiger partial charge in [-0.2, -0.15) is 0 Å². The molecular weight excluding hydrogens is 431 g/mol. The van der Waals surface area contributed by atoms with Crippen LogP contribution in [-0.2, 0) is 0 Å². The van der Waals surface area contributed by atoms with Gasteiger partial charge in [0, 0.05) is 33.2 Å². The van der Waals surface area contributed by atoms with E-state index in [1.54, 1.807) is 19.0 Å². The Kier molecular flexibility index (Phi) is 7.24. The predicted molar refractivity (Wildman–Crippen MR) is 129 cm³/mol. The van der Waals surface area contributed by atoms with Crippen molar-refractivity contribution >= 4 is 34.9 Å². The summed E-state index contributed by atoms with van der Waals surface area (Å²) in [5.41, 5.74) is 1.34. The Balaban J connectivity index is 1.28. The van der Waals surface area contributed by atoms with Gasteiger partial charge in [0.2, 0.25) is 0 Å². The van der Waals surface area contributed by atoms with Crippen molar-refractivity contribution in [2.24, 2.45) is 5.92 Å². The molecule has 0 aromatic heterocycles. The Labute approximate surface area is 197 Å². The molecule has 7 heteroatoms. The standard InChI is InChI=1S/C24H36Cl2N4O/c1-28(2)23(31)27-19-9-7-18(8-10-19)11-16-29-14-4-15-30(24(17-29)12-13-24)21-6-3-5-20(25)22(21)26/h3,5-6,18-19H,4,7-17H2,1-2H3,(H,27,31)/t18-,19-. The van der Waals surface area contributed by atoms with Gasteiger partial charge in [0.25, 0.3) is 0 Å². The summed E-state index contributed by atoms with van der Waals surface area (Å²) in [6, 6.07) is 6.39. The Bertz CT molecular complexity index is 775. The molecule has 3 aliphatic rings. The summed E-state index contributed by atoms with van der Waals surface area (Å²) in [5, 5.41) is 4.49. The van der Waals surface area contributed by atoms with Gasteiger partial charge in [-0.3, -0.25) is 0 Å². The maximum atomic E-state index is 11.9. The average Bonchev–Trinajstić information content (AvgIpc) is 3.55. The molecule has 1 heterocycles. The number of amides is 2. The summed E-state index contributed by atoms with van der Waals surface area (Å²) in [6.07, 6.45) is 9.57. The molecule has 1 spiro atoms. The van der Waals surface area contributed by atoms with Crippen molar-refractivity contribution < 1.29 is 4.79 Å². The van der Waals surface area contributed by atoms with Crippen molar-refractivity contribution in [1.82, 2.24) is 15.1 Å². The molecule has 1 N–H and O–H groups in total. The molecule has 2 amide bonds. The second-order valence-corrected chi connectivity index (χ2v) is 10.7. The van der Waals surface area contributed by atoms with Gasteiger partial charge in [0.15, 0.2) is 0 Å². The minimum absolute atomic E-state index is 0.0344. The predicted octanol–water partition coefficient (Wildman–Crippen LogP) is 5.26. The normalized spacial score (nSPS) is 25.9. The third-order valence-electron chi connectivity index (χ3n) is 7.43. The number of carbonyl (C=O) groups excluding carboxylic acids is 1. The summed E-state index contributed by atoms with van der Waals surface area (Å²) in [6.45, 7) is 4.51. The zero-order valence-corrected chi connectivity index (χ0v) is 20.4. The van der Waals surface area contributed by atoms with Gasteiger partial charge in [0.1, 0.15) is 0 Å². The third kappa shape index (κ3) is 5.43. The largest absolute Gasteiger partial charge is 0.363 e. The van der Waals surface area contributed by atoms with Gasteiger partial charge >= 0.3 is 6.03 Å². The molecule has 2 saturated carbocycles. The number of nitrogens with zero attached hydrogens (tertiary/aromatic N) is 3. The lowest BCUT2D eigenvalue weighted by Crippen LogP contribution is -2.44. The molecular formula is C24H36Cl2N4O. The van der Waals surface area contributed by atoms with Crippen molar-refractivity contribution in [3.8, 4) is 0 Å². The number of benzene rings is 1. The molecule has 2 aliphatic carbocycles. The summed E-state index contributed by atoms with van der Waals surface area (Å²) < 4.78 is 0. The van der Waals surface area contributed by atoms with E-state index in [1.807, 2.05) is 12.1 Å². The van der Waals surface area contributed by atoms with E-state index in [4.69, 9.17) is 23.2 Å². The molecule has 1 aliphatic heterocycles. The Morgan fingerprint density at radius 1 is 1.16 bits per heavy atom. The summed E-state index contributed by atoms with van der Waals surface area (Å²) in [4.78, 5) is 18.7. The number of carbonyl (C=O) groups is 1. The Morgan fingerprint density at radius 3 is 2.58 bits per heavy atom. The molecule has 5 nitrogen and oxygen atoms in total. The fourth-order valence-electron chi connectivity index (χ4n) is 5.37. The first-order valence-electron chi connectivity index (χ1n) is 11.8. The first-order chi connectivity index (χ1) is 14.9. The summed E-state index contributed by atoms with van der Waals surface area (Å²) >= 11 is 12.9. The second-order valence-electron chi connectivity index (χ2n) is 9.93. The second kappa shape index (κ2) is 9.76. The lowest BCUT2D eigenvalue weighted by atomic mass is 9.84.